The van der Waals surface area contributed by atoms with Crippen molar-refractivity contribution in [2.24, 2.45) is 0 Å². The number of hydrogen-bond acceptors (Lipinski definition) is 5. The molecule has 0 bridgehead atoms. The highest BCUT2D eigenvalue weighted by molar-refractivity contribution is 14.1. The minimum absolute atomic E-state index is 0.0924. The molecule has 5 nitrogen and oxygen atoms in total. The largest absolute Gasteiger partial charge is 0.479 e. The standard InChI is InChI=1S/C6H5IN4O/c1-12-6-4(7)10-3(2-8)5(9)11-6/h1H3,(H2,9,11). The first-order chi connectivity index (χ1) is 5.69. The van der Waals surface area contributed by atoms with Gasteiger partial charge in [0.2, 0.25) is 5.88 Å². The van der Waals surface area contributed by atoms with Gasteiger partial charge in [-0.05, 0) is 22.6 Å². The SMILES string of the molecule is COc1nc(N)c(C#N)nc1I. The molecular weight excluding hydrogens is 271 g/mol. The Hall–Kier alpha value is -1.10. The maximum Gasteiger partial charge on any atom is 0.248 e. The molecule has 0 unspecified atom stereocenters. The average molecular weight is 276 g/mol. The van der Waals surface area contributed by atoms with E-state index in [2.05, 4.69) is 9.97 Å². The molecule has 0 aliphatic carbocycles. The summed E-state index contributed by atoms with van der Waals surface area (Å²) in [6.45, 7) is 0. The summed E-state index contributed by atoms with van der Waals surface area (Å²) < 4.78 is 5.38. The molecule has 6 heteroatoms. The van der Waals surface area contributed by atoms with Crippen molar-refractivity contribution >= 4 is 28.4 Å². The van der Waals surface area contributed by atoms with Gasteiger partial charge < -0.3 is 10.5 Å². The normalized spacial score (nSPS) is 9.08. The molecule has 0 spiro atoms. The van der Waals surface area contributed by atoms with E-state index in [0.29, 0.717) is 9.58 Å². The molecule has 1 aromatic heterocycles. The van der Waals surface area contributed by atoms with E-state index in [9.17, 15) is 0 Å². The molecule has 0 saturated carbocycles. The van der Waals surface area contributed by atoms with E-state index >= 15 is 0 Å². The molecule has 0 atom stereocenters. The summed E-state index contributed by atoms with van der Waals surface area (Å²) in [4.78, 5) is 7.70. The van der Waals surface area contributed by atoms with Gasteiger partial charge in [0.1, 0.15) is 6.07 Å². The Morgan fingerprint density at radius 3 is 2.75 bits per heavy atom. The second-order valence-corrected chi connectivity index (χ2v) is 2.89. The number of methoxy groups -OCH3 is 1. The Morgan fingerprint density at radius 2 is 2.25 bits per heavy atom. The fraction of sp³-hybridized carbons (Fsp3) is 0.167. The molecule has 0 saturated heterocycles. The molecule has 1 aromatic rings. The van der Waals surface area contributed by atoms with Gasteiger partial charge >= 0.3 is 0 Å². The highest BCUT2D eigenvalue weighted by Crippen LogP contribution is 2.18. The zero-order valence-electron chi connectivity index (χ0n) is 6.21. The molecule has 2 N–H and O–H groups in total. The van der Waals surface area contributed by atoms with Gasteiger partial charge in [-0.3, -0.25) is 0 Å². The second-order valence-electron chi connectivity index (χ2n) is 1.87. The van der Waals surface area contributed by atoms with Gasteiger partial charge in [0.25, 0.3) is 0 Å². The topological polar surface area (TPSA) is 84.8 Å². The second kappa shape index (κ2) is 3.53. The molecule has 0 amide bonds. The maximum absolute atomic E-state index is 8.53. The van der Waals surface area contributed by atoms with Gasteiger partial charge in [-0.25, -0.2) is 4.98 Å². The van der Waals surface area contributed by atoms with Crippen molar-refractivity contribution < 1.29 is 4.74 Å². The van der Waals surface area contributed by atoms with E-state index < -0.39 is 0 Å². The van der Waals surface area contributed by atoms with Gasteiger partial charge in [-0.15, -0.1) is 0 Å². The number of halogens is 1. The summed E-state index contributed by atoms with van der Waals surface area (Å²) >= 11 is 1.92. The van der Waals surface area contributed by atoms with Crippen LogP contribution in [-0.2, 0) is 0 Å². The monoisotopic (exact) mass is 276 g/mol. The van der Waals surface area contributed by atoms with E-state index in [0.717, 1.165) is 0 Å². The van der Waals surface area contributed by atoms with E-state index in [1.165, 1.54) is 7.11 Å². The van der Waals surface area contributed by atoms with Crippen LogP contribution in [0.25, 0.3) is 0 Å². The first kappa shape index (κ1) is 8.99. The summed E-state index contributed by atoms with van der Waals surface area (Å²) in [7, 11) is 1.47. The van der Waals surface area contributed by atoms with E-state index in [-0.39, 0.29) is 11.5 Å². The fourth-order valence-electron chi connectivity index (χ4n) is 0.624. The van der Waals surface area contributed by atoms with Crippen LogP contribution < -0.4 is 10.5 Å². The molecule has 0 aliphatic heterocycles. The molecule has 0 radical (unpaired) electrons. The predicted molar refractivity (Wildman–Crippen MR) is 50.4 cm³/mol. The summed E-state index contributed by atoms with van der Waals surface area (Å²) in [5.74, 6) is 0.432. The summed E-state index contributed by atoms with van der Waals surface area (Å²) in [5, 5.41) is 8.53. The number of nitrogens with two attached hydrogens (primary N) is 1. The molecule has 0 aromatic carbocycles. The van der Waals surface area contributed by atoms with Crippen LogP contribution in [0.1, 0.15) is 5.69 Å². The van der Waals surface area contributed by atoms with Crippen molar-refractivity contribution in [1.29, 1.82) is 5.26 Å². The molecule has 0 aliphatic rings. The van der Waals surface area contributed by atoms with Gasteiger partial charge in [0.15, 0.2) is 15.2 Å². The van der Waals surface area contributed by atoms with Crippen LogP contribution in [0.3, 0.4) is 0 Å². The summed E-state index contributed by atoms with van der Waals surface area (Å²) in [6.07, 6.45) is 0. The minimum atomic E-state index is 0.0924. The van der Waals surface area contributed by atoms with Crippen LogP contribution in [0.4, 0.5) is 5.82 Å². The zero-order chi connectivity index (χ0) is 9.14. The average Bonchev–Trinajstić information content (AvgIpc) is 2.08. The smallest absolute Gasteiger partial charge is 0.248 e. The molecule has 1 heterocycles. The first-order valence-corrected chi connectivity index (χ1v) is 4.04. The number of aromatic nitrogens is 2. The molecular formula is C6H5IN4O. The van der Waals surface area contributed by atoms with Crippen LogP contribution in [-0.4, -0.2) is 17.1 Å². The highest BCUT2D eigenvalue weighted by Gasteiger charge is 2.08. The lowest BCUT2D eigenvalue weighted by molar-refractivity contribution is 0.392. The Kier molecular flexibility index (Phi) is 2.65. The summed E-state index contributed by atoms with van der Waals surface area (Å²) in [5.41, 5.74) is 5.52. The van der Waals surface area contributed by atoms with Crippen molar-refractivity contribution in [3.8, 4) is 11.9 Å². The lowest BCUT2D eigenvalue weighted by Crippen LogP contribution is -2.02. The van der Waals surface area contributed by atoms with E-state index in [4.69, 9.17) is 15.7 Å². The number of nitrogens with zero attached hydrogens (tertiary/aromatic N) is 3. The quantitative estimate of drug-likeness (QED) is 0.757. The number of nitriles is 1. The molecule has 62 valence electrons. The maximum atomic E-state index is 8.53. The number of nitrogen functional groups attached to an aromatic ring is 1. The van der Waals surface area contributed by atoms with Crippen LogP contribution in [0.15, 0.2) is 0 Å². The van der Waals surface area contributed by atoms with Crippen molar-refractivity contribution in [2.45, 2.75) is 0 Å². The number of rotatable bonds is 1. The third-order valence-corrected chi connectivity index (χ3v) is 1.85. The Labute approximate surface area is 82.7 Å². The van der Waals surface area contributed by atoms with E-state index in [1.807, 2.05) is 28.7 Å². The molecule has 0 fully saturated rings. The van der Waals surface area contributed by atoms with Crippen molar-refractivity contribution in [3.63, 3.8) is 0 Å². The number of hydrogen-bond donors (Lipinski definition) is 1. The van der Waals surface area contributed by atoms with Crippen LogP contribution in [0.2, 0.25) is 0 Å². The Balaban J connectivity index is 3.28. The predicted octanol–water partition coefficient (Wildman–Crippen LogP) is 0.544. The van der Waals surface area contributed by atoms with Gasteiger partial charge in [-0.2, -0.15) is 10.2 Å². The molecule has 1 rings (SSSR count). The highest BCUT2D eigenvalue weighted by atomic mass is 127. The third-order valence-electron chi connectivity index (χ3n) is 1.15. The summed E-state index contributed by atoms with van der Waals surface area (Å²) in [6, 6.07) is 1.83. The van der Waals surface area contributed by atoms with Crippen molar-refractivity contribution in [1.82, 2.24) is 9.97 Å². The first-order valence-electron chi connectivity index (χ1n) is 2.96. The lowest BCUT2D eigenvalue weighted by atomic mass is 10.4. The number of ether oxygens (including phenoxy) is 1. The lowest BCUT2D eigenvalue weighted by Gasteiger charge is -2.02. The third kappa shape index (κ3) is 1.55. The minimum Gasteiger partial charge on any atom is -0.479 e. The Bertz CT molecular complexity index is 345. The fourth-order valence-corrected chi connectivity index (χ4v) is 1.21. The Morgan fingerprint density at radius 1 is 1.58 bits per heavy atom. The van der Waals surface area contributed by atoms with Gasteiger partial charge in [0, 0.05) is 0 Å². The zero-order valence-corrected chi connectivity index (χ0v) is 8.36. The van der Waals surface area contributed by atoms with Crippen LogP contribution in [0.5, 0.6) is 5.88 Å². The van der Waals surface area contributed by atoms with E-state index in [1.54, 1.807) is 0 Å². The van der Waals surface area contributed by atoms with Crippen molar-refractivity contribution in [3.05, 3.63) is 9.39 Å². The van der Waals surface area contributed by atoms with Crippen LogP contribution in [0, 0.1) is 15.0 Å². The number of anilines is 1. The van der Waals surface area contributed by atoms with Crippen molar-refractivity contribution in [2.75, 3.05) is 12.8 Å². The van der Waals surface area contributed by atoms with Gasteiger partial charge in [-0.1, -0.05) is 0 Å². The van der Waals surface area contributed by atoms with Gasteiger partial charge in [0.05, 0.1) is 7.11 Å². The van der Waals surface area contributed by atoms with Crippen LogP contribution >= 0.6 is 22.6 Å². The molecule has 12 heavy (non-hydrogen) atoms.